The van der Waals surface area contributed by atoms with Crippen LogP contribution in [-0.2, 0) is 13.1 Å². The lowest BCUT2D eigenvalue weighted by Gasteiger charge is -2.14. The highest BCUT2D eigenvalue weighted by Crippen LogP contribution is 2.33. The number of nitrogens with one attached hydrogen (secondary N) is 1. The molecule has 0 aliphatic carbocycles. The number of halogens is 1. The van der Waals surface area contributed by atoms with Crippen molar-refractivity contribution in [2.24, 2.45) is 0 Å². The SMILES string of the molecule is C=CCOc1ccccc1CNCc1cc(OC)c(OC)cc1Cl. The molecular weight excluding hydrogens is 326 g/mol. The number of hydrogen-bond acceptors (Lipinski definition) is 4. The predicted octanol–water partition coefficient (Wildman–Crippen LogP) is 4.21. The van der Waals surface area contributed by atoms with Crippen LogP contribution < -0.4 is 19.5 Å². The van der Waals surface area contributed by atoms with Crippen molar-refractivity contribution in [3.8, 4) is 17.2 Å². The second kappa shape index (κ2) is 9.21. The molecule has 2 rings (SSSR count). The fraction of sp³-hybridized carbons (Fsp3) is 0.263. The highest BCUT2D eigenvalue weighted by atomic mass is 35.5. The second-order valence-corrected chi connectivity index (χ2v) is 5.52. The van der Waals surface area contributed by atoms with Gasteiger partial charge in [-0.2, -0.15) is 0 Å². The monoisotopic (exact) mass is 347 g/mol. The van der Waals surface area contributed by atoms with Crippen molar-refractivity contribution in [1.82, 2.24) is 5.32 Å². The van der Waals surface area contributed by atoms with Gasteiger partial charge in [0, 0.05) is 29.7 Å². The molecule has 0 fully saturated rings. The van der Waals surface area contributed by atoms with Crippen molar-refractivity contribution in [1.29, 1.82) is 0 Å². The molecule has 2 aromatic rings. The topological polar surface area (TPSA) is 39.7 Å². The fourth-order valence-electron chi connectivity index (χ4n) is 2.30. The number of ether oxygens (including phenoxy) is 3. The van der Waals surface area contributed by atoms with Crippen LogP contribution in [0.25, 0.3) is 0 Å². The highest BCUT2D eigenvalue weighted by Gasteiger charge is 2.10. The minimum atomic E-state index is 0.485. The molecule has 0 atom stereocenters. The van der Waals surface area contributed by atoms with Gasteiger partial charge in [-0.05, 0) is 17.7 Å². The van der Waals surface area contributed by atoms with Gasteiger partial charge in [-0.3, -0.25) is 0 Å². The first-order valence-electron chi connectivity index (χ1n) is 7.62. The van der Waals surface area contributed by atoms with Gasteiger partial charge in [-0.25, -0.2) is 0 Å². The summed E-state index contributed by atoms with van der Waals surface area (Å²) in [6.45, 7) is 5.43. The summed E-state index contributed by atoms with van der Waals surface area (Å²) >= 11 is 6.31. The zero-order chi connectivity index (χ0) is 17.4. The van der Waals surface area contributed by atoms with E-state index in [-0.39, 0.29) is 0 Å². The summed E-state index contributed by atoms with van der Waals surface area (Å²) in [5.41, 5.74) is 2.02. The van der Waals surface area contributed by atoms with Gasteiger partial charge >= 0.3 is 0 Å². The van der Waals surface area contributed by atoms with Gasteiger partial charge < -0.3 is 19.5 Å². The summed E-state index contributed by atoms with van der Waals surface area (Å²) < 4.78 is 16.2. The van der Waals surface area contributed by atoms with Gasteiger partial charge in [0.05, 0.1) is 14.2 Å². The van der Waals surface area contributed by atoms with Crippen LogP contribution in [0.5, 0.6) is 17.2 Å². The zero-order valence-electron chi connectivity index (χ0n) is 14.0. The first-order valence-corrected chi connectivity index (χ1v) is 8.00. The second-order valence-electron chi connectivity index (χ2n) is 5.11. The summed E-state index contributed by atoms with van der Waals surface area (Å²) in [6.07, 6.45) is 1.73. The first-order chi connectivity index (χ1) is 11.7. The van der Waals surface area contributed by atoms with Gasteiger partial charge in [0.15, 0.2) is 11.5 Å². The summed E-state index contributed by atoms with van der Waals surface area (Å²) in [6, 6.07) is 11.6. The Hall–Kier alpha value is -2.17. The third-order valence-electron chi connectivity index (χ3n) is 3.51. The van der Waals surface area contributed by atoms with E-state index in [4.69, 9.17) is 25.8 Å². The largest absolute Gasteiger partial charge is 0.493 e. The Kier molecular flexibility index (Phi) is 6.97. The van der Waals surface area contributed by atoms with E-state index in [2.05, 4.69) is 11.9 Å². The van der Waals surface area contributed by atoms with Crippen molar-refractivity contribution < 1.29 is 14.2 Å². The van der Waals surface area contributed by atoms with Crippen LogP contribution in [0.1, 0.15) is 11.1 Å². The van der Waals surface area contributed by atoms with Crippen LogP contribution in [0.2, 0.25) is 5.02 Å². The van der Waals surface area contributed by atoms with E-state index in [1.54, 1.807) is 26.4 Å². The molecule has 0 spiro atoms. The lowest BCUT2D eigenvalue weighted by atomic mass is 10.1. The maximum atomic E-state index is 6.31. The Morgan fingerprint density at radius 2 is 1.67 bits per heavy atom. The molecule has 0 heterocycles. The van der Waals surface area contributed by atoms with Crippen LogP contribution >= 0.6 is 11.6 Å². The molecule has 2 aromatic carbocycles. The Morgan fingerprint density at radius 1 is 1.00 bits per heavy atom. The quantitative estimate of drug-likeness (QED) is 0.690. The average Bonchev–Trinajstić information content (AvgIpc) is 2.61. The van der Waals surface area contributed by atoms with Crippen LogP contribution in [0.3, 0.4) is 0 Å². The van der Waals surface area contributed by atoms with Crippen LogP contribution in [0.15, 0.2) is 49.1 Å². The van der Waals surface area contributed by atoms with E-state index in [0.29, 0.717) is 36.2 Å². The van der Waals surface area contributed by atoms with E-state index >= 15 is 0 Å². The molecule has 0 aromatic heterocycles. The molecule has 0 saturated carbocycles. The molecule has 1 N–H and O–H groups in total. The summed E-state index contributed by atoms with van der Waals surface area (Å²) in [5.74, 6) is 2.13. The lowest BCUT2D eigenvalue weighted by Crippen LogP contribution is -2.14. The van der Waals surface area contributed by atoms with Gasteiger partial charge in [0.1, 0.15) is 12.4 Å². The van der Waals surface area contributed by atoms with E-state index in [9.17, 15) is 0 Å². The number of methoxy groups -OCH3 is 2. The van der Waals surface area contributed by atoms with E-state index in [0.717, 1.165) is 16.9 Å². The van der Waals surface area contributed by atoms with E-state index in [1.165, 1.54) is 0 Å². The molecule has 4 nitrogen and oxygen atoms in total. The molecule has 0 aliphatic rings. The van der Waals surface area contributed by atoms with Gasteiger partial charge in [-0.15, -0.1) is 0 Å². The molecule has 0 radical (unpaired) electrons. The summed E-state index contributed by atoms with van der Waals surface area (Å²) in [5, 5.41) is 4.01. The van der Waals surface area contributed by atoms with Crippen molar-refractivity contribution in [3.05, 3.63) is 65.2 Å². The molecule has 128 valence electrons. The van der Waals surface area contributed by atoms with Crippen molar-refractivity contribution >= 4 is 11.6 Å². The predicted molar refractivity (Wildman–Crippen MR) is 97.2 cm³/mol. The number of hydrogen-bond donors (Lipinski definition) is 1. The molecule has 5 heteroatoms. The van der Waals surface area contributed by atoms with Gasteiger partial charge in [0.2, 0.25) is 0 Å². The molecule has 0 amide bonds. The number of para-hydroxylation sites is 1. The van der Waals surface area contributed by atoms with Crippen molar-refractivity contribution in [2.45, 2.75) is 13.1 Å². The van der Waals surface area contributed by atoms with Crippen LogP contribution in [0, 0.1) is 0 Å². The lowest BCUT2D eigenvalue weighted by molar-refractivity contribution is 0.354. The molecule has 0 aliphatic heterocycles. The fourth-order valence-corrected chi connectivity index (χ4v) is 2.52. The van der Waals surface area contributed by atoms with Crippen LogP contribution in [0.4, 0.5) is 0 Å². The average molecular weight is 348 g/mol. The number of rotatable bonds is 9. The standard InChI is InChI=1S/C19H22ClNO3/c1-4-9-24-17-8-6-5-7-14(17)12-21-13-15-10-18(22-2)19(23-3)11-16(15)20/h4-8,10-11,21H,1,9,12-13H2,2-3H3. The smallest absolute Gasteiger partial charge is 0.162 e. The van der Waals surface area contributed by atoms with Crippen molar-refractivity contribution in [2.75, 3.05) is 20.8 Å². The zero-order valence-corrected chi connectivity index (χ0v) is 14.7. The normalized spacial score (nSPS) is 10.3. The molecule has 0 unspecified atom stereocenters. The third-order valence-corrected chi connectivity index (χ3v) is 3.86. The Labute approximate surface area is 148 Å². The Bertz CT molecular complexity index is 688. The Morgan fingerprint density at radius 3 is 2.38 bits per heavy atom. The van der Waals surface area contributed by atoms with Gasteiger partial charge in [0.25, 0.3) is 0 Å². The van der Waals surface area contributed by atoms with E-state index < -0.39 is 0 Å². The Balaban J connectivity index is 2.03. The maximum absolute atomic E-state index is 6.31. The highest BCUT2D eigenvalue weighted by molar-refractivity contribution is 6.31. The minimum absolute atomic E-state index is 0.485. The van der Waals surface area contributed by atoms with Crippen LogP contribution in [-0.4, -0.2) is 20.8 Å². The van der Waals surface area contributed by atoms with E-state index in [1.807, 2.05) is 30.3 Å². The molecule has 0 saturated heterocycles. The maximum Gasteiger partial charge on any atom is 0.162 e. The molecule has 0 bridgehead atoms. The summed E-state index contributed by atoms with van der Waals surface area (Å²) in [7, 11) is 3.20. The van der Waals surface area contributed by atoms with Gasteiger partial charge in [-0.1, -0.05) is 42.5 Å². The number of benzene rings is 2. The van der Waals surface area contributed by atoms with Crippen molar-refractivity contribution in [3.63, 3.8) is 0 Å². The summed E-state index contributed by atoms with van der Waals surface area (Å²) in [4.78, 5) is 0. The minimum Gasteiger partial charge on any atom is -0.493 e. The molecular formula is C19H22ClNO3. The first kappa shape index (κ1) is 18.2. The molecule has 24 heavy (non-hydrogen) atoms. The third kappa shape index (κ3) is 4.66.